The maximum Gasteiger partial charge on any atom is 0.301 e. The number of nitrogens with zero attached hydrogens (tertiary/aromatic N) is 5. The summed E-state index contributed by atoms with van der Waals surface area (Å²) >= 11 is 0. The minimum atomic E-state index is -4.17. The predicted octanol–water partition coefficient (Wildman–Crippen LogP) is 1.83. The third-order valence-electron chi connectivity index (χ3n) is 4.86. The lowest BCUT2D eigenvalue weighted by molar-refractivity contribution is 0.343. The second-order valence-electron chi connectivity index (χ2n) is 7.07. The van der Waals surface area contributed by atoms with Crippen LogP contribution in [-0.2, 0) is 17.3 Å². The van der Waals surface area contributed by atoms with Crippen LogP contribution in [0.1, 0.15) is 12.0 Å². The van der Waals surface area contributed by atoms with Gasteiger partial charge in [-0.3, -0.25) is 9.52 Å². The number of nitriles is 1. The van der Waals surface area contributed by atoms with Gasteiger partial charge in [0.15, 0.2) is 17.2 Å². The van der Waals surface area contributed by atoms with Crippen LogP contribution in [-0.4, -0.2) is 46.5 Å². The van der Waals surface area contributed by atoms with Crippen LogP contribution in [0.5, 0.6) is 11.5 Å². The number of hydrogen-bond donors (Lipinski definition) is 1. The first-order chi connectivity index (χ1) is 15.2. The van der Waals surface area contributed by atoms with Crippen LogP contribution >= 0.6 is 0 Å². The van der Waals surface area contributed by atoms with Gasteiger partial charge in [-0.2, -0.15) is 18.0 Å². The quantitative estimate of drug-likeness (QED) is 0.612. The monoisotopic (exact) mass is 462 g/mol. The molecule has 166 valence electrons. The molecular weight excluding hydrogens is 446 g/mol. The lowest BCUT2D eigenvalue weighted by Crippen LogP contribution is -2.34. The van der Waals surface area contributed by atoms with Gasteiger partial charge in [-0.05, 0) is 24.6 Å². The lowest BCUT2D eigenvalue weighted by Gasteiger charge is -2.18. The number of aryl methyl sites for hydroxylation is 1. The van der Waals surface area contributed by atoms with Gasteiger partial charge in [0.05, 0.1) is 23.6 Å². The van der Waals surface area contributed by atoms with Gasteiger partial charge >= 0.3 is 10.2 Å². The second kappa shape index (κ2) is 8.13. The molecule has 3 aromatic rings. The molecule has 3 heterocycles. The molecule has 0 unspecified atom stereocenters. The molecule has 0 amide bonds. The fourth-order valence-electron chi connectivity index (χ4n) is 3.22. The van der Waals surface area contributed by atoms with Crippen LogP contribution in [0, 0.1) is 17.1 Å². The normalized spacial score (nSPS) is 16.8. The Labute approximate surface area is 180 Å². The highest BCUT2D eigenvalue weighted by atomic mass is 32.2. The summed E-state index contributed by atoms with van der Waals surface area (Å²) in [6.45, 7) is -0.331. The summed E-state index contributed by atoms with van der Waals surface area (Å²) in [5.74, 6) is -1.55. The van der Waals surface area contributed by atoms with Crippen molar-refractivity contribution in [3.63, 3.8) is 0 Å². The van der Waals surface area contributed by atoms with Crippen molar-refractivity contribution in [2.45, 2.75) is 12.6 Å². The minimum Gasteiger partial charge on any atom is -0.451 e. The molecular formula is C19H16F2N6O4S. The molecule has 0 saturated carbocycles. The average molecular weight is 462 g/mol. The molecule has 13 heteroatoms. The molecule has 0 bridgehead atoms. The van der Waals surface area contributed by atoms with Crippen LogP contribution < -0.4 is 15.0 Å². The standard InChI is InChI=1S/C19H16F2N6O4S/c1-26-10-24-18-13(19(26)28)6-12(8-23-18)31-17-14(7-22)16(3-2-15(17)21)25-32(29,30)27-5-4-11(20)9-27/h2-3,6,8,10-11,25H,4-5,9H2,1H3/t11-/m0/s1. The lowest BCUT2D eigenvalue weighted by atomic mass is 10.1. The number of hydrogen-bond acceptors (Lipinski definition) is 7. The van der Waals surface area contributed by atoms with E-state index in [0.717, 1.165) is 16.4 Å². The summed E-state index contributed by atoms with van der Waals surface area (Å²) in [5, 5.41) is 9.68. The van der Waals surface area contributed by atoms with Crippen molar-refractivity contribution in [2.24, 2.45) is 7.05 Å². The van der Waals surface area contributed by atoms with Crippen LogP contribution in [0.3, 0.4) is 0 Å². The summed E-state index contributed by atoms with van der Waals surface area (Å²) in [5.41, 5.74) is -0.923. The van der Waals surface area contributed by atoms with Gasteiger partial charge in [0.2, 0.25) is 0 Å². The number of aromatic nitrogens is 3. The van der Waals surface area contributed by atoms with Crippen LogP contribution in [0.15, 0.2) is 35.5 Å². The molecule has 32 heavy (non-hydrogen) atoms. The smallest absolute Gasteiger partial charge is 0.301 e. The van der Waals surface area contributed by atoms with E-state index in [1.54, 1.807) is 6.07 Å². The molecule has 1 fully saturated rings. The summed E-state index contributed by atoms with van der Waals surface area (Å²) < 4.78 is 62.8. The van der Waals surface area contributed by atoms with Gasteiger partial charge in [0.25, 0.3) is 5.56 Å². The Hall–Kier alpha value is -3.63. The first-order valence-electron chi connectivity index (χ1n) is 9.33. The Kier molecular flexibility index (Phi) is 5.49. The molecule has 1 N–H and O–H groups in total. The number of benzene rings is 1. The number of rotatable bonds is 5. The molecule has 4 rings (SSSR count). The minimum absolute atomic E-state index is 0.0192. The molecule has 2 aromatic heterocycles. The Balaban J connectivity index is 1.71. The number of ether oxygens (including phenoxy) is 1. The molecule has 1 aliphatic rings. The fraction of sp³-hybridized carbons (Fsp3) is 0.263. The van der Waals surface area contributed by atoms with E-state index in [4.69, 9.17) is 4.74 Å². The number of nitrogens with one attached hydrogen (secondary N) is 1. The van der Waals surface area contributed by atoms with E-state index in [1.165, 1.54) is 30.2 Å². The maximum absolute atomic E-state index is 14.5. The Morgan fingerprint density at radius 3 is 2.81 bits per heavy atom. The molecule has 10 nitrogen and oxygen atoms in total. The average Bonchev–Trinajstić information content (AvgIpc) is 3.21. The molecule has 0 aliphatic carbocycles. The van der Waals surface area contributed by atoms with Gasteiger partial charge in [0, 0.05) is 20.1 Å². The highest BCUT2D eigenvalue weighted by molar-refractivity contribution is 7.90. The Bertz CT molecular complexity index is 1420. The first kappa shape index (κ1) is 21.6. The van der Waals surface area contributed by atoms with E-state index in [1.807, 2.05) is 0 Å². The zero-order chi connectivity index (χ0) is 23.0. The van der Waals surface area contributed by atoms with Crippen molar-refractivity contribution in [3.05, 3.63) is 52.5 Å². The SMILES string of the molecule is Cn1cnc2ncc(Oc3c(F)ccc(NS(=O)(=O)N4CC[C@H](F)C4)c3C#N)cc2c1=O. The van der Waals surface area contributed by atoms with Crippen molar-refractivity contribution in [2.75, 3.05) is 17.8 Å². The van der Waals surface area contributed by atoms with Crippen LogP contribution in [0.4, 0.5) is 14.5 Å². The van der Waals surface area contributed by atoms with Crippen molar-refractivity contribution in [1.82, 2.24) is 18.8 Å². The van der Waals surface area contributed by atoms with E-state index in [2.05, 4.69) is 14.7 Å². The summed E-state index contributed by atoms with van der Waals surface area (Å²) in [6, 6.07) is 5.00. The zero-order valence-corrected chi connectivity index (χ0v) is 17.4. The van der Waals surface area contributed by atoms with Gasteiger partial charge in [-0.15, -0.1) is 0 Å². The van der Waals surface area contributed by atoms with E-state index < -0.39 is 39.1 Å². The Morgan fingerprint density at radius 2 is 2.12 bits per heavy atom. The first-order valence-corrected chi connectivity index (χ1v) is 10.8. The van der Waals surface area contributed by atoms with Gasteiger partial charge in [-0.25, -0.2) is 18.7 Å². The van der Waals surface area contributed by atoms with Crippen molar-refractivity contribution in [3.8, 4) is 17.6 Å². The molecule has 1 aromatic carbocycles. The Morgan fingerprint density at radius 1 is 1.34 bits per heavy atom. The summed E-state index contributed by atoms with van der Waals surface area (Å²) in [6.07, 6.45) is 1.27. The van der Waals surface area contributed by atoms with Crippen molar-refractivity contribution in [1.29, 1.82) is 5.26 Å². The highest BCUT2D eigenvalue weighted by Gasteiger charge is 2.32. The molecule has 0 spiro atoms. The van der Waals surface area contributed by atoms with Crippen LogP contribution in [0.2, 0.25) is 0 Å². The number of pyridine rings is 1. The molecule has 1 aliphatic heterocycles. The topological polar surface area (TPSA) is 130 Å². The zero-order valence-electron chi connectivity index (χ0n) is 16.6. The number of anilines is 1. The number of fused-ring (bicyclic) bond motifs is 1. The van der Waals surface area contributed by atoms with Gasteiger partial charge in [0.1, 0.15) is 23.6 Å². The largest absolute Gasteiger partial charge is 0.451 e. The van der Waals surface area contributed by atoms with E-state index in [9.17, 15) is 27.3 Å². The second-order valence-corrected chi connectivity index (χ2v) is 8.74. The van der Waals surface area contributed by atoms with E-state index >= 15 is 0 Å². The summed E-state index contributed by atoms with van der Waals surface area (Å²) in [7, 11) is -2.67. The van der Waals surface area contributed by atoms with Gasteiger partial charge in [-0.1, -0.05) is 0 Å². The third kappa shape index (κ3) is 3.97. The molecule has 0 radical (unpaired) electrons. The third-order valence-corrected chi connectivity index (χ3v) is 6.35. The van der Waals surface area contributed by atoms with Gasteiger partial charge < -0.3 is 9.30 Å². The fourth-order valence-corrected chi connectivity index (χ4v) is 4.50. The van der Waals surface area contributed by atoms with Crippen molar-refractivity contribution < 1.29 is 21.9 Å². The van der Waals surface area contributed by atoms with E-state index in [0.29, 0.717) is 0 Å². The predicted molar refractivity (Wildman–Crippen MR) is 110 cm³/mol. The number of halogens is 2. The number of alkyl halides is 1. The van der Waals surface area contributed by atoms with E-state index in [-0.39, 0.29) is 42.0 Å². The van der Waals surface area contributed by atoms with Crippen LogP contribution in [0.25, 0.3) is 11.0 Å². The highest BCUT2D eigenvalue weighted by Crippen LogP contribution is 2.34. The molecule has 1 atom stereocenters. The summed E-state index contributed by atoms with van der Waals surface area (Å²) in [4.78, 5) is 20.3. The maximum atomic E-state index is 14.5. The van der Waals surface area contributed by atoms with Crippen molar-refractivity contribution >= 4 is 26.9 Å². The molecule has 1 saturated heterocycles.